The van der Waals surface area contributed by atoms with Gasteiger partial charge in [-0.15, -0.1) is 0 Å². The average Bonchev–Trinajstić information content (AvgIpc) is 2.94. The third kappa shape index (κ3) is 1.88. The highest BCUT2D eigenvalue weighted by molar-refractivity contribution is 5.83. The van der Waals surface area contributed by atoms with Gasteiger partial charge in [-0.2, -0.15) is 5.10 Å². The molecule has 0 amide bonds. The first-order valence-corrected chi connectivity index (χ1v) is 7.21. The minimum atomic E-state index is -0.304. The van der Waals surface area contributed by atoms with E-state index in [1.165, 1.54) is 25.5 Å². The maximum absolute atomic E-state index is 13.9. The van der Waals surface area contributed by atoms with Crippen molar-refractivity contribution in [2.75, 3.05) is 20.2 Å². The first-order chi connectivity index (χ1) is 9.76. The lowest BCUT2D eigenvalue weighted by Crippen LogP contribution is -2.25. The summed E-state index contributed by atoms with van der Waals surface area (Å²) in [5.41, 5.74) is 1.41. The van der Waals surface area contributed by atoms with Crippen LogP contribution >= 0.6 is 0 Å². The maximum Gasteiger partial charge on any atom is 0.152 e. The van der Waals surface area contributed by atoms with Gasteiger partial charge < -0.3 is 4.74 Å². The van der Waals surface area contributed by atoms with E-state index in [0.717, 1.165) is 36.0 Å². The highest BCUT2D eigenvalue weighted by atomic mass is 19.1. The Bertz CT molecular complexity index is 654. The third-order valence-electron chi connectivity index (χ3n) is 4.69. The van der Waals surface area contributed by atoms with Crippen LogP contribution in [0.5, 0.6) is 5.75 Å². The number of fused-ring (bicyclic) bond motifs is 2. The van der Waals surface area contributed by atoms with Gasteiger partial charge in [0.05, 0.1) is 12.8 Å². The van der Waals surface area contributed by atoms with Crippen molar-refractivity contribution in [2.45, 2.75) is 25.3 Å². The summed E-state index contributed by atoms with van der Waals surface area (Å²) in [5.74, 6) is 1.19. The Morgan fingerprint density at radius 1 is 1.50 bits per heavy atom. The Morgan fingerprint density at radius 3 is 3.10 bits per heavy atom. The molecule has 1 saturated carbocycles. The van der Waals surface area contributed by atoms with Gasteiger partial charge in [0.25, 0.3) is 0 Å². The average molecular weight is 275 g/mol. The molecule has 5 heteroatoms. The lowest BCUT2D eigenvalue weighted by atomic mass is 10.1. The molecule has 1 N–H and O–H groups in total. The first-order valence-electron chi connectivity index (χ1n) is 7.21. The number of aromatic nitrogens is 2. The monoisotopic (exact) mass is 275 g/mol. The highest BCUT2D eigenvalue weighted by Crippen LogP contribution is 2.44. The van der Waals surface area contributed by atoms with Crippen molar-refractivity contribution in [2.24, 2.45) is 5.92 Å². The topological polar surface area (TPSA) is 41.1 Å². The molecule has 2 aliphatic rings. The van der Waals surface area contributed by atoms with E-state index < -0.39 is 0 Å². The van der Waals surface area contributed by atoms with Crippen LogP contribution in [0.3, 0.4) is 0 Å². The molecule has 1 saturated heterocycles. The number of halogens is 1. The number of rotatable bonds is 4. The lowest BCUT2D eigenvalue weighted by Gasteiger charge is -2.16. The minimum Gasteiger partial charge on any atom is -0.497 e. The van der Waals surface area contributed by atoms with E-state index in [9.17, 15) is 4.39 Å². The fraction of sp³-hybridized carbons (Fsp3) is 0.533. The van der Waals surface area contributed by atoms with Crippen molar-refractivity contribution < 1.29 is 9.13 Å². The predicted molar refractivity (Wildman–Crippen MR) is 74.4 cm³/mol. The minimum absolute atomic E-state index is 0.304. The molecule has 2 fully saturated rings. The molecule has 20 heavy (non-hydrogen) atoms. The zero-order valence-corrected chi connectivity index (χ0v) is 11.5. The maximum atomic E-state index is 13.9. The van der Waals surface area contributed by atoms with E-state index in [1.54, 1.807) is 7.11 Å². The van der Waals surface area contributed by atoms with Gasteiger partial charge in [0.1, 0.15) is 11.3 Å². The van der Waals surface area contributed by atoms with Crippen LogP contribution in [-0.2, 0) is 6.42 Å². The van der Waals surface area contributed by atoms with Gasteiger partial charge >= 0.3 is 0 Å². The van der Waals surface area contributed by atoms with Gasteiger partial charge in [0.2, 0.25) is 0 Å². The Hall–Kier alpha value is -1.62. The van der Waals surface area contributed by atoms with Gasteiger partial charge in [-0.1, -0.05) is 0 Å². The summed E-state index contributed by atoms with van der Waals surface area (Å²) in [7, 11) is 1.55. The molecule has 2 aromatic rings. The fourth-order valence-corrected chi connectivity index (χ4v) is 3.43. The largest absolute Gasteiger partial charge is 0.497 e. The molecule has 2 atom stereocenters. The summed E-state index contributed by atoms with van der Waals surface area (Å²) < 4.78 is 19.0. The van der Waals surface area contributed by atoms with Crippen molar-refractivity contribution in [1.82, 2.24) is 15.1 Å². The summed E-state index contributed by atoms with van der Waals surface area (Å²) in [6.07, 6.45) is 3.56. The van der Waals surface area contributed by atoms with Crippen molar-refractivity contribution >= 4 is 10.9 Å². The molecule has 0 bridgehead atoms. The number of H-pyrrole nitrogens is 1. The number of ether oxygens (including phenoxy) is 1. The molecule has 2 unspecified atom stereocenters. The van der Waals surface area contributed by atoms with E-state index in [4.69, 9.17) is 4.74 Å². The van der Waals surface area contributed by atoms with E-state index in [-0.39, 0.29) is 5.82 Å². The van der Waals surface area contributed by atoms with Crippen molar-refractivity contribution in [3.8, 4) is 5.75 Å². The Balaban J connectivity index is 1.57. The second kappa shape index (κ2) is 4.45. The molecule has 1 aromatic heterocycles. The zero-order valence-electron chi connectivity index (χ0n) is 11.5. The number of nitrogens with one attached hydrogen (secondary N) is 1. The second-order valence-electron chi connectivity index (χ2n) is 5.84. The van der Waals surface area contributed by atoms with Crippen LogP contribution < -0.4 is 4.74 Å². The van der Waals surface area contributed by atoms with Gasteiger partial charge in [0.15, 0.2) is 5.82 Å². The van der Waals surface area contributed by atoms with Crippen LogP contribution in [0.15, 0.2) is 12.1 Å². The molecule has 4 rings (SSSR count). The smallest absolute Gasteiger partial charge is 0.152 e. The van der Waals surface area contributed by atoms with E-state index in [1.807, 2.05) is 6.07 Å². The molecule has 1 aliphatic heterocycles. The van der Waals surface area contributed by atoms with Crippen LogP contribution in [0.4, 0.5) is 4.39 Å². The summed E-state index contributed by atoms with van der Waals surface area (Å²) in [6.45, 7) is 2.22. The fourth-order valence-electron chi connectivity index (χ4n) is 3.43. The second-order valence-corrected chi connectivity index (χ2v) is 5.84. The molecular formula is C15H18FN3O. The van der Waals surface area contributed by atoms with Crippen LogP contribution in [0.25, 0.3) is 10.9 Å². The van der Waals surface area contributed by atoms with Gasteiger partial charge in [-0.05, 0) is 31.4 Å². The van der Waals surface area contributed by atoms with Gasteiger partial charge in [0, 0.05) is 30.5 Å². The number of methoxy groups -OCH3 is 1. The Kier molecular flexibility index (Phi) is 2.70. The summed E-state index contributed by atoms with van der Waals surface area (Å²) in [6, 6.07) is 4.06. The summed E-state index contributed by atoms with van der Waals surface area (Å²) >= 11 is 0. The molecule has 2 heterocycles. The third-order valence-corrected chi connectivity index (χ3v) is 4.69. The van der Waals surface area contributed by atoms with Crippen molar-refractivity contribution in [3.63, 3.8) is 0 Å². The van der Waals surface area contributed by atoms with Crippen LogP contribution in [0.2, 0.25) is 0 Å². The van der Waals surface area contributed by atoms with Crippen LogP contribution in [-0.4, -0.2) is 41.3 Å². The molecule has 1 aromatic carbocycles. The normalized spacial score (nSPS) is 25.1. The van der Waals surface area contributed by atoms with Gasteiger partial charge in [-0.25, -0.2) is 4.39 Å². The number of piperidine rings is 1. The van der Waals surface area contributed by atoms with Crippen LogP contribution in [0, 0.1) is 11.7 Å². The Morgan fingerprint density at radius 2 is 2.40 bits per heavy atom. The van der Waals surface area contributed by atoms with E-state index in [0.29, 0.717) is 11.3 Å². The molecule has 1 aliphatic carbocycles. The van der Waals surface area contributed by atoms with E-state index in [2.05, 4.69) is 15.1 Å². The zero-order chi connectivity index (χ0) is 13.7. The molecule has 4 nitrogen and oxygen atoms in total. The lowest BCUT2D eigenvalue weighted by molar-refractivity contribution is 0.303. The highest BCUT2D eigenvalue weighted by Gasteiger charge is 2.46. The van der Waals surface area contributed by atoms with Gasteiger partial charge in [-0.3, -0.25) is 10.00 Å². The number of hydrogen-bond acceptors (Lipinski definition) is 3. The SMILES string of the molecule is COc1cc(F)c2[nH]nc(CCN3CCC4CC43)c2c1. The molecule has 0 spiro atoms. The van der Waals surface area contributed by atoms with Crippen molar-refractivity contribution in [3.05, 3.63) is 23.6 Å². The van der Waals surface area contributed by atoms with E-state index >= 15 is 0 Å². The number of benzene rings is 1. The Labute approximate surface area is 116 Å². The number of hydrogen-bond donors (Lipinski definition) is 1. The van der Waals surface area contributed by atoms with Crippen molar-refractivity contribution in [1.29, 1.82) is 0 Å². The summed E-state index contributed by atoms with van der Waals surface area (Å²) in [4.78, 5) is 2.54. The number of likely N-dealkylation sites (tertiary alicyclic amines) is 1. The quantitative estimate of drug-likeness (QED) is 0.931. The van der Waals surface area contributed by atoms with Crippen LogP contribution in [0.1, 0.15) is 18.5 Å². The standard InChI is InChI=1S/C15H18FN3O/c1-20-10-7-11-13(17-18-15(11)12(16)8-10)3-5-19-4-2-9-6-14(9)19/h7-9,14H,2-6H2,1H3,(H,17,18). The predicted octanol–water partition coefficient (Wildman–Crippen LogP) is 2.35. The molecular weight excluding hydrogens is 257 g/mol. The number of aromatic amines is 1. The summed E-state index contributed by atoms with van der Waals surface area (Å²) in [5, 5.41) is 7.93. The molecule has 0 radical (unpaired) electrons. The number of nitrogens with zero attached hydrogens (tertiary/aromatic N) is 2. The molecule has 106 valence electrons. The first kappa shape index (κ1) is 12.1.